The molecule has 2 heteroatoms. The van der Waals surface area contributed by atoms with Gasteiger partial charge in [-0.15, -0.1) is 11.3 Å². The van der Waals surface area contributed by atoms with Gasteiger partial charge in [0.1, 0.15) is 4.34 Å². The van der Waals surface area contributed by atoms with Gasteiger partial charge in [-0.3, -0.25) is 0 Å². The molecule has 10 heavy (non-hydrogen) atoms. The monoisotopic (exact) mass is 168 g/mol. The van der Waals surface area contributed by atoms with Crippen LogP contribution >= 0.6 is 22.9 Å². The summed E-state index contributed by atoms with van der Waals surface area (Å²) in [7, 11) is 0. The van der Waals surface area contributed by atoms with Gasteiger partial charge in [-0.1, -0.05) is 29.8 Å². The molecule has 0 N–H and O–H groups in total. The van der Waals surface area contributed by atoms with Crippen molar-refractivity contribution in [2.75, 3.05) is 0 Å². The van der Waals surface area contributed by atoms with E-state index in [9.17, 15) is 0 Å². The summed E-state index contributed by atoms with van der Waals surface area (Å²) in [6, 6.07) is 8.19. The third kappa shape index (κ3) is 0.825. The average Bonchev–Trinajstić information content (AvgIpc) is 2.36. The summed E-state index contributed by atoms with van der Waals surface area (Å²) in [5, 5.41) is 2.00. The topological polar surface area (TPSA) is 0 Å². The maximum atomic E-state index is 5.92. The number of hydrogen-bond donors (Lipinski definition) is 0. The molecule has 0 radical (unpaired) electrons. The molecule has 0 saturated heterocycles. The third-order valence-corrected chi connectivity index (χ3v) is 2.65. The standard InChI is InChI=1S/C8H5ClS/c9-8-7-3-1-2-6(7)4-5-10-8/h1-5H. The minimum absolute atomic E-state index is 0.877. The minimum Gasteiger partial charge on any atom is -0.131 e. The zero-order valence-electron chi connectivity index (χ0n) is 5.17. The van der Waals surface area contributed by atoms with E-state index in [4.69, 9.17) is 11.6 Å². The minimum atomic E-state index is 0.877. The number of rotatable bonds is 0. The van der Waals surface area contributed by atoms with Crippen molar-refractivity contribution in [3.8, 4) is 11.1 Å². The molecule has 0 aromatic carbocycles. The molecular formula is C8H5ClS. The normalized spacial score (nSPS) is 10.5. The highest BCUT2D eigenvalue weighted by Gasteiger charge is 2.03. The largest absolute Gasteiger partial charge is 0.131 e. The lowest BCUT2D eigenvalue weighted by molar-refractivity contribution is 1.84. The molecule has 1 aliphatic carbocycles. The van der Waals surface area contributed by atoms with Crippen molar-refractivity contribution >= 4 is 22.9 Å². The van der Waals surface area contributed by atoms with Crippen LogP contribution in [0, 0.1) is 0 Å². The summed E-state index contributed by atoms with van der Waals surface area (Å²) in [5.41, 5.74) is 2.39. The van der Waals surface area contributed by atoms with Crippen LogP contribution in [0.4, 0.5) is 0 Å². The molecule has 1 heterocycles. The van der Waals surface area contributed by atoms with Crippen molar-refractivity contribution in [3.05, 3.63) is 34.0 Å². The Bertz CT molecular complexity index is 313. The fourth-order valence-corrected chi connectivity index (χ4v) is 1.96. The molecule has 0 saturated carbocycles. The van der Waals surface area contributed by atoms with Crippen molar-refractivity contribution in [2.45, 2.75) is 0 Å². The Balaban J connectivity index is 2.80. The van der Waals surface area contributed by atoms with Gasteiger partial charge in [-0.05, 0) is 17.0 Å². The third-order valence-electron chi connectivity index (χ3n) is 1.48. The molecule has 2 rings (SSSR count). The summed E-state index contributed by atoms with van der Waals surface area (Å²) in [5.74, 6) is 0. The average molecular weight is 169 g/mol. The molecule has 0 spiro atoms. The number of fused-ring (bicyclic) bond motifs is 1. The second kappa shape index (κ2) is 2.26. The summed E-state index contributed by atoms with van der Waals surface area (Å²) < 4.78 is 0.877. The van der Waals surface area contributed by atoms with Gasteiger partial charge in [0, 0.05) is 5.56 Å². The zero-order chi connectivity index (χ0) is 6.97. The quantitative estimate of drug-likeness (QED) is 0.565. The highest BCUT2D eigenvalue weighted by molar-refractivity contribution is 7.14. The molecule has 0 fully saturated rings. The van der Waals surface area contributed by atoms with Crippen LogP contribution < -0.4 is 0 Å². The van der Waals surface area contributed by atoms with Crippen molar-refractivity contribution in [2.24, 2.45) is 0 Å². The van der Waals surface area contributed by atoms with Crippen LogP contribution in [0.25, 0.3) is 11.1 Å². The van der Waals surface area contributed by atoms with Gasteiger partial charge >= 0.3 is 0 Å². The molecule has 1 aliphatic heterocycles. The first kappa shape index (κ1) is 6.20. The molecular weight excluding hydrogens is 164 g/mol. The van der Waals surface area contributed by atoms with E-state index in [1.54, 1.807) is 11.3 Å². The molecule has 50 valence electrons. The van der Waals surface area contributed by atoms with Crippen LogP contribution in [0.3, 0.4) is 0 Å². The maximum Gasteiger partial charge on any atom is 0.101 e. The summed E-state index contributed by atoms with van der Waals surface area (Å²) in [6.07, 6.45) is 0. The Morgan fingerprint density at radius 1 is 1.20 bits per heavy atom. The van der Waals surface area contributed by atoms with E-state index in [-0.39, 0.29) is 0 Å². The van der Waals surface area contributed by atoms with Gasteiger partial charge in [0.25, 0.3) is 0 Å². The Hall–Kier alpha value is -0.530. The number of halogens is 1. The van der Waals surface area contributed by atoms with E-state index in [1.807, 2.05) is 17.5 Å². The van der Waals surface area contributed by atoms with E-state index < -0.39 is 0 Å². The van der Waals surface area contributed by atoms with Gasteiger partial charge in [0.05, 0.1) is 0 Å². The second-order valence-corrected chi connectivity index (χ2v) is 3.61. The Kier molecular flexibility index (Phi) is 1.40. The first-order valence-corrected chi connectivity index (χ1v) is 4.25. The predicted octanol–water partition coefficient (Wildman–Crippen LogP) is 3.51. The van der Waals surface area contributed by atoms with Crippen LogP contribution in [0.15, 0.2) is 29.6 Å². The Morgan fingerprint density at radius 2 is 2.10 bits per heavy atom. The smallest absolute Gasteiger partial charge is 0.101 e. The van der Waals surface area contributed by atoms with E-state index in [0.29, 0.717) is 0 Å². The van der Waals surface area contributed by atoms with E-state index in [2.05, 4.69) is 12.1 Å². The van der Waals surface area contributed by atoms with Crippen molar-refractivity contribution < 1.29 is 0 Å². The Labute approximate surface area is 68.4 Å². The predicted molar refractivity (Wildman–Crippen MR) is 46.0 cm³/mol. The van der Waals surface area contributed by atoms with Gasteiger partial charge in [-0.25, -0.2) is 0 Å². The van der Waals surface area contributed by atoms with Crippen LogP contribution in [-0.2, 0) is 0 Å². The van der Waals surface area contributed by atoms with Crippen LogP contribution in [-0.4, -0.2) is 0 Å². The molecule has 0 unspecified atom stereocenters. The summed E-state index contributed by atoms with van der Waals surface area (Å²) in [4.78, 5) is 0. The van der Waals surface area contributed by atoms with Crippen molar-refractivity contribution in [1.29, 1.82) is 0 Å². The molecule has 0 atom stereocenters. The number of hydrogen-bond acceptors (Lipinski definition) is 1. The highest BCUT2D eigenvalue weighted by atomic mass is 35.5. The molecule has 0 nitrogen and oxygen atoms in total. The zero-order valence-corrected chi connectivity index (χ0v) is 6.75. The van der Waals surface area contributed by atoms with E-state index in [1.165, 1.54) is 5.56 Å². The van der Waals surface area contributed by atoms with Crippen LogP contribution in [0.1, 0.15) is 0 Å². The van der Waals surface area contributed by atoms with E-state index in [0.717, 1.165) is 9.90 Å². The molecule has 0 aromatic rings. The fourth-order valence-electron chi connectivity index (χ4n) is 0.989. The van der Waals surface area contributed by atoms with Gasteiger partial charge in [0.15, 0.2) is 0 Å². The second-order valence-electron chi connectivity index (χ2n) is 2.09. The Morgan fingerprint density at radius 3 is 2.90 bits per heavy atom. The lowest BCUT2D eigenvalue weighted by Gasteiger charge is -1.97. The molecule has 0 bridgehead atoms. The molecule has 0 amide bonds. The highest BCUT2D eigenvalue weighted by Crippen LogP contribution is 2.33. The van der Waals surface area contributed by atoms with Gasteiger partial charge in [0.2, 0.25) is 0 Å². The SMILES string of the molecule is Clc1sccc2cccc1-2. The van der Waals surface area contributed by atoms with Crippen LogP contribution in [0.5, 0.6) is 0 Å². The van der Waals surface area contributed by atoms with Gasteiger partial charge < -0.3 is 0 Å². The van der Waals surface area contributed by atoms with Gasteiger partial charge in [-0.2, -0.15) is 0 Å². The summed E-state index contributed by atoms with van der Waals surface area (Å²) in [6.45, 7) is 0. The fraction of sp³-hybridized carbons (Fsp3) is 0. The molecule has 0 aromatic heterocycles. The lowest BCUT2D eigenvalue weighted by atomic mass is 10.2. The first-order chi connectivity index (χ1) is 4.88. The van der Waals surface area contributed by atoms with E-state index >= 15 is 0 Å². The van der Waals surface area contributed by atoms with Crippen molar-refractivity contribution in [3.63, 3.8) is 0 Å². The van der Waals surface area contributed by atoms with Crippen molar-refractivity contribution in [1.82, 2.24) is 0 Å². The first-order valence-electron chi connectivity index (χ1n) is 2.99. The molecule has 2 aliphatic rings. The van der Waals surface area contributed by atoms with Crippen LogP contribution in [0.2, 0.25) is 4.34 Å². The lowest BCUT2D eigenvalue weighted by Crippen LogP contribution is -1.68. The maximum absolute atomic E-state index is 5.92. The summed E-state index contributed by atoms with van der Waals surface area (Å²) >= 11 is 7.48.